The zero-order valence-electron chi connectivity index (χ0n) is 17.6. The molecule has 4 rings (SSSR count). The zero-order valence-corrected chi connectivity index (χ0v) is 17.6. The third-order valence-corrected chi connectivity index (χ3v) is 5.47. The van der Waals surface area contributed by atoms with E-state index in [4.69, 9.17) is 13.7 Å². The van der Waals surface area contributed by atoms with Crippen molar-refractivity contribution < 1.29 is 18.5 Å². The average molecular weight is 409 g/mol. The molecule has 158 valence electrons. The summed E-state index contributed by atoms with van der Waals surface area (Å²) in [6.45, 7) is 5.31. The van der Waals surface area contributed by atoms with Gasteiger partial charge in [-0.15, -0.1) is 0 Å². The number of methoxy groups -OCH3 is 1. The smallest absolute Gasteiger partial charge is 0.292 e. The van der Waals surface area contributed by atoms with E-state index in [1.54, 1.807) is 19.4 Å². The van der Waals surface area contributed by atoms with E-state index in [1.165, 1.54) is 0 Å². The second-order valence-electron chi connectivity index (χ2n) is 8.05. The van der Waals surface area contributed by atoms with Gasteiger partial charge in [0.25, 0.3) is 5.91 Å². The van der Waals surface area contributed by atoms with Crippen molar-refractivity contribution in [2.75, 3.05) is 20.2 Å². The minimum atomic E-state index is -0.123. The summed E-state index contributed by atoms with van der Waals surface area (Å²) in [7, 11) is 1.66. The molecule has 1 aliphatic heterocycles. The fourth-order valence-electron chi connectivity index (χ4n) is 3.76. The number of benzene rings is 1. The van der Waals surface area contributed by atoms with E-state index < -0.39 is 0 Å². The summed E-state index contributed by atoms with van der Waals surface area (Å²) in [4.78, 5) is 19.2. The van der Waals surface area contributed by atoms with Gasteiger partial charge in [0, 0.05) is 25.6 Å². The van der Waals surface area contributed by atoms with Gasteiger partial charge in [0.1, 0.15) is 11.5 Å². The standard InChI is InChI=1S/C23H27N3O4/c1-15(2)20-12-21(30-25-20)23(27)26-9-5-7-17(14-26)22-24-13-19(29-22)11-16-6-4-8-18(10-16)28-3/h4,6,8,10,12-13,15,17H,5,7,9,11,14H2,1-3H3/t17-/m1/s1. The van der Waals surface area contributed by atoms with Crippen molar-refractivity contribution in [3.05, 3.63) is 65.2 Å². The van der Waals surface area contributed by atoms with Crippen LogP contribution in [0.25, 0.3) is 0 Å². The molecular weight excluding hydrogens is 382 g/mol. The van der Waals surface area contributed by atoms with Gasteiger partial charge < -0.3 is 18.6 Å². The molecule has 0 spiro atoms. The Hall–Kier alpha value is -3.09. The minimum Gasteiger partial charge on any atom is -0.497 e. The second-order valence-corrected chi connectivity index (χ2v) is 8.05. The van der Waals surface area contributed by atoms with Crippen LogP contribution in [-0.4, -0.2) is 41.1 Å². The first kappa shape index (κ1) is 20.2. The third kappa shape index (κ3) is 4.40. The molecule has 0 N–H and O–H groups in total. The van der Waals surface area contributed by atoms with Gasteiger partial charge in [-0.3, -0.25) is 4.79 Å². The van der Waals surface area contributed by atoms with E-state index in [-0.39, 0.29) is 17.7 Å². The fourth-order valence-corrected chi connectivity index (χ4v) is 3.76. The SMILES string of the molecule is COc1cccc(Cc2cnc([C@@H]3CCCN(C(=O)c4cc(C(C)C)no4)C3)o2)c1. The third-order valence-electron chi connectivity index (χ3n) is 5.47. The highest BCUT2D eigenvalue weighted by Crippen LogP contribution is 2.28. The summed E-state index contributed by atoms with van der Waals surface area (Å²) < 4.78 is 16.6. The number of rotatable bonds is 6. The average Bonchev–Trinajstić information content (AvgIpc) is 3.44. The molecular formula is C23H27N3O4. The normalized spacial score (nSPS) is 16.8. The molecule has 3 heterocycles. The first-order valence-electron chi connectivity index (χ1n) is 10.4. The molecule has 1 atom stereocenters. The Kier molecular flexibility index (Phi) is 5.88. The van der Waals surface area contributed by atoms with E-state index >= 15 is 0 Å². The first-order valence-corrected chi connectivity index (χ1v) is 10.4. The molecule has 1 fully saturated rings. The number of nitrogens with zero attached hydrogens (tertiary/aromatic N) is 3. The first-order chi connectivity index (χ1) is 14.5. The van der Waals surface area contributed by atoms with Crippen molar-refractivity contribution in [2.24, 2.45) is 0 Å². The highest BCUT2D eigenvalue weighted by Gasteiger charge is 2.30. The summed E-state index contributed by atoms with van der Waals surface area (Å²) in [5.74, 6) is 2.78. The fraction of sp³-hybridized carbons (Fsp3) is 0.435. The van der Waals surface area contributed by atoms with Crippen LogP contribution in [0.4, 0.5) is 0 Å². The molecule has 0 aliphatic carbocycles. The van der Waals surface area contributed by atoms with Crippen molar-refractivity contribution in [3.8, 4) is 5.75 Å². The minimum absolute atomic E-state index is 0.0780. The van der Waals surface area contributed by atoms with Gasteiger partial charge in [-0.2, -0.15) is 0 Å². The number of piperidine rings is 1. The number of ether oxygens (including phenoxy) is 1. The molecule has 1 saturated heterocycles. The molecule has 0 bridgehead atoms. The predicted molar refractivity (Wildman–Crippen MR) is 111 cm³/mol. The van der Waals surface area contributed by atoms with E-state index in [0.717, 1.165) is 35.6 Å². The number of oxazole rings is 1. The quantitative estimate of drug-likeness (QED) is 0.600. The lowest BCUT2D eigenvalue weighted by Crippen LogP contribution is -2.39. The lowest BCUT2D eigenvalue weighted by molar-refractivity contribution is 0.0656. The highest BCUT2D eigenvalue weighted by atomic mass is 16.5. The van der Waals surface area contributed by atoms with Gasteiger partial charge >= 0.3 is 0 Å². The van der Waals surface area contributed by atoms with Crippen LogP contribution < -0.4 is 4.74 Å². The van der Waals surface area contributed by atoms with Crippen LogP contribution in [0.1, 0.15) is 72.0 Å². The Labute approximate surface area is 176 Å². The number of aromatic nitrogens is 2. The van der Waals surface area contributed by atoms with Crippen molar-refractivity contribution in [3.63, 3.8) is 0 Å². The Morgan fingerprint density at radius 2 is 2.20 bits per heavy atom. The van der Waals surface area contributed by atoms with Crippen LogP contribution in [0.3, 0.4) is 0 Å². The summed E-state index contributed by atoms with van der Waals surface area (Å²) in [5.41, 5.74) is 1.89. The van der Waals surface area contributed by atoms with Crippen LogP contribution in [0.15, 0.2) is 45.5 Å². The second kappa shape index (κ2) is 8.73. The molecule has 0 radical (unpaired) electrons. The van der Waals surface area contributed by atoms with Crippen LogP contribution in [0, 0.1) is 0 Å². The lowest BCUT2D eigenvalue weighted by Gasteiger charge is -2.30. The topological polar surface area (TPSA) is 81.6 Å². The molecule has 1 amide bonds. The summed E-state index contributed by atoms with van der Waals surface area (Å²) >= 11 is 0. The maximum absolute atomic E-state index is 12.8. The molecule has 7 heteroatoms. The van der Waals surface area contributed by atoms with Gasteiger partial charge in [0.05, 0.1) is 24.9 Å². The number of amides is 1. The van der Waals surface area contributed by atoms with E-state index in [2.05, 4.69) is 10.1 Å². The van der Waals surface area contributed by atoms with Gasteiger partial charge in [-0.05, 0) is 36.5 Å². The van der Waals surface area contributed by atoms with Crippen LogP contribution in [0.2, 0.25) is 0 Å². The molecule has 0 unspecified atom stereocenters. The molecule has 1 aliphatic rings. The van der Waals surface area contributed by atoms with Gasteiger partial charge in [0.2, 0.25) is 5.76 Å². The predicted octanol–water partition coefficient (Wildman–Crippen LogP) is 4.41. The monoisotopic (exact) mass is 409 g/mol. The summed E-state index contributed by atoms with van der Waals surface area (Å²) in [6.07, 6.45) is 4.27. The van der Waals surface area contributed by atoms with E-state index in [0.29, 0.717) is 31.2 Å². The Bertz CT molecular complexity index is 1010. The van der Waals surface area contributed by atoms with E-state index in [9.17, 15) is 4.79 Å². The van der Waals surface area contributed by atoms with Crippen molar-refractivity contribution in [2.45, 2.75) is 44.9 Å². The largest absolute Gasteiger partial charge is 0.497 e. The Morgan fingerprint density at radius 1 is 1.33 bits per heavy atom. The zero-order chi connectivity index (χ0) is 21.1. The Balaban J connectivity index is 1.42. The Morgan fingerprint density at radius 3 is 2.97 bits per heavy atom. The molecule has 30 heavy (non-hydrogen) atoms. The maximum Gasteiger partial charge on any atom is 0.292 e. The van der Waals surface area contributed by atoms with Crippen molar-refractivity contribution >= 4 is 5.91 Å². The summed E-state index contributed by atoms with van der Waals surface area (Å²) in [5, 5.41) is 4.00. The maximum atomic E-state index is 12.8. The molecule has 1 aromatic carbocycles. The molecule has 0 saturated carbocycles. The van der Waals surface area contributed by atoms with E-state index in [1.807, 2.05) is 43.0 Å². The number of carbonyl (C=O) groups is 1. The van der Waals surface area contributed by atoms with Crippen LogP contribution in [-0.2, 0) is 6.42 Å². The number of carbonyl (C=O) groups excluding carboxylic acids is 1. The van der Waals surface area contributed by atoms with Crippen molar-refractivity contribution in [1.29, 1.82) is 0 Å². The van der Waals surface area contributed by atoms with Gasteiger partial charge in [0.15, 0.2) is 5.89 Å². The van der Waals surface area contributed by atoms with Crippen LogP contribution in [0.5, 0.6) is 5.75 Å². The molecule has 3 aromatic rings. The number of hydrogen-bond donors (Lipinski definition) is 0. The van der Waals surface area contributed by atoms with Gasteiger partial charge in [-0.25, -0.2) is 4.98 Å². The lowest BCUT2D eigenvalue weighted by atomic mass is 9.97. The molecule has 7 nitrogen and oxygen atoms in total. The van der Waals surface area contributed by atoms with Crippen molar-refractivity contribution in [1.82, 2.24) is 15.0 Å². The number of hydrogen-bond acceptors (Lipinski definition) is 6. The number of likely N-dealkylation sites (tertiary alicyclic amines) is 1. The summed E-state index contributed by atoms with van der Waals surface area (Å²) in [6, 6.07) is 9.65. The van der Waals surface area contributed by atoms with Gasteiger partial charge in [-0.1, -0.05) is 31.1 Å². The highest BCUT2D eigenvalue weighted by molar-refractivity contribution is 5.91. The van der Waals surface area contributed by atoms with Crippen LogP contribution >= 0.6 is 0 Å². The molecule has 2 aromatic heterocycles.